The average molecular weight is 262 g/mol. The first-order valence-corrected chi connectivity index (χ1v) is 9.16. The molecule has 0 aromatic heterocycles. The first-order valence-electron chi connectivity index (χ1n) is 7.57. The van der Waals surface area contributed by atoms with E-state index in [4.69, 9.17) is 0 Å². The van der Waals surface area contributed by atoms with E-state index in [0.717, 1.165) is 5.66 Å². The Morgan fingerprint density at radius 2 is 1.83 bits per heavy atom. The van der Waals surface area contributed by atoms with Crippen molar-refractivity contribution in [2.24, 2.45) is 0 Å². The lowest BCUT2D eigenvalue weighted by atomic mass is 10.0. The van der Waals surface area contributed by atoms with Crippen molar-refractivity contribution >= 4 is 13.2 Å². The molecule has 1 aliphatic rings. The molecule has 1 aromatic rings. The zero-order chi connectivity index (χ0) is 13.0. The highest BCUT2D eigenvalue weighted by atomic mass is 31.1. The van der Waals surface area contributed by atoms with E-state index in [1.54, 1.807) is 10.9 Å². The van der Waals surface area contributed by atoms with Crippen LogP contribution >= 0.6 is 7.92 Å². The van der Waals surface area contributed by atoms with Crippen LogP contribution in [-0.4, -0.2) is 11.8 Å². The second-order valence-corrected chi connectivity index (χ2v) is 8.30. The number of rotatable bonds is 4. The minimum absolute atomic E-state index is 0.0889. The Labute approximate surface area is 114 Å². The smallest absolute Gasteiger partial charge is 0.0169 e. The van der Waals surface area contributed by atoms with Crippen LogP contribution in [0.25, 0.3) is 0 Å². The summed E-state index contributed by atoms with van der Waals surface area (Å²) in [7, 11) is 0.0889. The Morgan fingerprint density at radius 3 is 2.50 bits per heavy atom. The SMILES string of the molecule is CCCP(c1cccc(C)c1C)C1CCCCC1. The van der Waals surface area contributed by atoms with Gasteiger partial charge in [-0.25, -0.2) is 0 Å². The van der Waals surface area contributed by atoms with Crippen molar-refractivity contribution < 1.29 is 0 Å². The van der Waals surface area contributed by atoms with Crippen molar-refractivity contribution in [3.05, 3.63) is 29.3 Å². The summed E-state index contributed by atoms with van der Waals surface area (Å²) in [6.07, 6.45) is 10.2. The molecule has 1 aliphatic carbocycles. The van der Waals surface area contributed by atoms with Gasteiger partial charge in [0.2, 0.25) is 0 Å². The van der Waals surface area contributed by atoms with E-state index in [1.807, 2.05) is 0 Å². The third kappa shape index (κ3) is 3.15. The molecule has 0 amide bonds. The molecule has 1 atom stereocenters. The molecule has 1 unspecified atom stereocenters. The zero-order valence-corrected chi connectivity index (χ0v) is 13.1. The van der Waals surface area contributed by atoms with Gasteiger partial charge in [0, 0.05) is 0 Å². The molecule has 1 aromatic carbocycles. The van der Waals surface area contributed by atoms with Gasteiger partial charge in [-0.15, -0.1) is 0 Å². The first-order chi connectivity index (χ1) is 8.74. The maximum Gasteiger partial charge on any atom is -0.0169 e. The van der Waals surface area contributed by atoms with Crippen molar-refractivity contribution in [2.45, 2.75) is 65.0 Å². The third-order valence-electron chi connectivity index (χ3n) is 4.37. The molecular formula is C17H27P. The lowest BCUT2D eigenvalue weighted by molar-refractivity contribution is 0.511. The van der Waals surface area contributed by atoms with Crippen LogP contribution in [0.1, 0.15) is 56.6 Å². The van der Waals surface area contributed by atoms with Crippen LogP contribution in [0.4, 0.5) is 0 Å². The molecule has 0 nitrogen and oxygen atoms in total. The van der Waals surface area contributed by atoms with Crippen LogP contribution in [0.3, 0.4) is 0 Å². The molecule has 0 saturated heterocycles. The quantitative estimate of drug-likeness (QED) is 0.658. The second kappa shape index (κ2) is 6.71. The summed E-state index contributed by atoms with van der Waals surface area (Å²) in [6.45, 7) is 6.95. The van der Waals surface area contributed by atoms with Gasteiger partial charge in [-0.1, -0.05) is 58.7 Å². The minimum Gasteiger partial charge on any atom is -0.0719 e. The minimum atomic E-state index is 0.0889. The summed E-state index contributed by atoms with van der Waals surface area (Å²) in [4.78, 5) is 0. The predicted octanol–water partition coefficient (Wildman–Crippen LogP) is 5.15. The van der Waals surface area contributed by atoms with Gasteiger partial charge in [0.15, 0.2) is 0 Å². The highest BCUT2D eigenvalue weighted by Crippen LogP contribution is 2.48. The number of hydrogen-bond acceptors (Lipinski definition) is 0. The first kappa shape index (κ1) is 14.1. The van der Waals surface area contributed by atoms with Gasteiger partial charge in [0.1, 0.15) is 0 Å². The molecule has 100 valence electrons. The van der Waals surface area contributed by atoms with Gasteiger partial charge in [-0.05, 0) is 54.9 Å². The lowest BCUT2D eigenvalue weighted by Gasteiger charge is -2.32. The van der Waals surface area contributed by atoms with Gasteiger partial charge >= 0.3 is 0 Å². The van der Waals surface area contributed by atoms with Crippen LogP contribution in [0.2, 0.25) is 0 Å². The van der Waals surface area contributed by atoms with Crippen LogP contribution in [0, 0.1) is 13.8 Å². The van der Waals surface area contributed by atoms with Crippen LogP contribution < -0.4 is 5.30 Å². The summed E-state index contributed by atoms with van der Waals surface area (Å²) < 4.78 is 0. The topological polar surface area (TPSA) is 0 Å². The average Bonchev–Trinajstić information content (AvgIpc) is 2.41. The molecule has 18 heavy (non-hydrogen) atoms. The van der Waals surface area contributed by atoms with Crippen molar-refractivity contribution in [3.63, 3.8) is 0 Å². The second-order valence-electron chi connectivity index (χ2n) is 5.70. The number of hydrogen-bond donors (Lipinski definition) is 0. The summed E-state index contributed by atoms with van der Waals surface area (Å²) >= 11 is 0. The fraction of sp³-hybridized carbons (Fsp3) is 0.647. The van der Waals surface area contributed by atoms with E-state index in [0.29, 0.717) is 0 Å². The Morgan fingerprint density at radius 1 is 1.11 bits per heavy atom. The molecule has 1 heteroatoms. The Kier molecular flexibility index (Phi) is 5.25. The molecule has 0 radical (unpaired) electrons. The molecular weight excluding hydrogens is 235 g/mol. The van der Waals surface area contributed by atoms with E-state index < -0.39 is 0 Å². The third-order valence-corrected chi connectivity index (χ3v) is 7.80. The van der Waals surface area contributed by atoms with E-state index in [2.05, 4.69) is 39.0 Å². The summed E-state index contributed by atoms with van der Waals surface area (Å²) in [5.41, 5.74) is 4.06. The van der Waals surface area contributed by atoms with Gasteiger partial charge in [0.25, 0.3) is 0 Å². The highest BCUT2D eigenvalue weighted by Gasteiger charge is 2.25. The molecule has 0 N–H and O–H groups in total. The van der Waals surface area contributed by atoms with E-state index >= 15 is 0 Å². The summed E-state index contributed by atoms with van der Waals surface area (Å²) in [6, 6.07) is 6.95. The summed E-state index contributed by atoms with van der Waals surface area (Å²) in [5, 5.41) is 1.71. The molecule has 0 bridgehead atoms. The van der Waals surface area contributed by atoms with Crippen LogP contribution in [-0.2, 0) is 0 Å². The largest absolute Gasteiger partial charge is 0.0719 e. The predicted molar refractivity (Wildman–Crippen MR) is 84.5 cm³/mol. The molecule has 0 spiro atoms. The molecule has 1 saturated carbocycles. The van der Waals surface area contributed by atoms with Gasteiger partial charge in [0.05, 0.1) is 0 Å². The zero-order valence-electron chi connectivity index (χ0n) is 12.2. The van der Waals surface area contributed by atoms with Crippen molar-refractivity contribution in [2.75, 3.05) is 6.16 Å². The van der Waals surface area contributed by atoms with Gasteiger partial charge < -0.3 is 0 Å². The van der Waals surface area contributed by atoms with Crippen molar-refractivity contribution in [3.8, 4) is 0 Å². The molecule has 0 aliphatic heterocycles. The highest BCUT2D eigenvalue weighted by molar-refractivity contribution is 7.66. The monoisotopic (exact) mass is 262 g/mol. The van der Waals surface area contributed by atoms with Gasteiger partial charge in [-0.3, -0.25) is 0 Å². The standard InChI is InChI=1S/C17H27P/c1-4-13-18(16-10-6-5-7-11-16)17-12-8-9-14(2)15(17)3/h8-9,12,16H,4-7,10-11,13H2,1-3H3. The van der Waals surface area contributed by atoms with Crippen molar-refractivity contribution in [1.29, 1.82) is 0 Å². The molecule has 2 rings (SSSR count). The van der Waals surface area contributed by atoms with Gasteiger partial charge in [-0.2, -0.15) is 0 Å². The molecule has 1 fully saturated rings. The van der Waals surface area contributed by atoms with E-state index in [1.165, 1.54) is 50.3 Å². The lowest BCUT2D eigenvalue weighted by Crippen LogP contribution is -2.20. The molecule has 0 heterocycles. The normalized spacial score (nSPS) is 18.8. The van der Waals surface area contributed by atoms with Crippen LogP contribution in [0.5, 0.6) is 0 Å². The van der Waals surface area contributed by atoms with E-state index in [9.17, 15) is 0 Å². The number of aryl methyl sites for hydroxylation is 1. The fourth-order valence-corrected chi connectivity index (χ4v) is 6.53. The number of benzene rings is 1. The van der Waals surface area contributed by atoms with E-state index in [-0.39, 0.29) is 7.92 Å². The fourth-order valence-electron chi connectivity index (χ4n) is 3.18. The van der Waals surface area contributed by atoms with Crippen molar-refractivity contribution in [1.82, 2.24) is 0 Å². The Hall–Kier alpha value is -0.350. The summed E-state index contributed by atoms with van der Waals surface area (Å²) in [5.74, 6) is 0. The Bertz CT molecular complexity index is 377. The Balaban J connectivity index is 2.25. The maximum absolute atomic E-state index is 2.41. The van der Waals surface area contributed by atoms with Crippen LogP contribution in [0.15, 0.2) is 18.2 Å². The maximum atomic E-state index is 2.41.